The van der Waals surface area contributed by atoms with E-state index in [1.165, 1.54) is 45.6 Å². The Hall–Kier alpha value is -3.48. The van der Waals surface area contributed by atoms with Gasteiger partial charge in [-0.1, -0.05) is 18.2 Å². The SMILES string of the molecule is CCOC(=O)N1CSC[C@@H]1C(=O)Nc1nc2ccc(-c3ccccc3OC(F)(F)F)cn2n1. The number of carbonyl (C=O) groups excluding carboxylic acids is 2. The fourth-order valence-corrected chi connectivity index (χ4v) is 4.40. The average molecular weight is 481 g/mol. The van der Waals surface area contributed by atoms with Crippen LogP contribution in [-0.2, 0) is 9.53 Å². The van der Waals surface area contributed by atoms with Crippen molar-refractivity contribution in [1.82, 2.24) is 19.5 Å². The Labute approximate surface area is 189 Å². The molecule has 1 aliphatic rings. The maximum atomic E-state index is 12.7. The van der Waals surface area contributed by atoms with Gasteiger partial charge in [-0.15, -0.1) is 30.0 Å². The number of rotatable bonds is 5. The van der Waals surface area contributed by atoms with Crippen molar-refractivity contribution < 1.29 is 32.2 Å². The second-order valence-corrected chi connectivity index (χ2v) is 7.87. The summed E-state index contributed by atoms with van der Waals surface area (Å²) in [4.78, 5) is 30.3. The smallest absolute Gasteiger partial charge is 0.450 e. The van der Waals surface area contributed by atoms with Crippen molar-refractivity contribution in [3.63, 3.8) is 0 Å². The fourth-order valence-electron chi connectivity index (χ4n) is 3.25. The molecule has 0 aliphatic carbocycles. The molecule has 1 aliphatic heterocycles. The van der Waals surface area contributed by atoms with E-state index in [0.29, 0.717) is 22.8 Å². The molecule has 3 aromatic rings. The number of alkyl halides is 3. The van der Waals surface area contributed by atoms with Crippen LogP contribution in [0.3, 0.4) is 0 Å². The first-order chi connectivity index (χ1) is 15.7. The highest BCUT2D eigenvalue weighted by Gasteiger charge is 2.36. The molecule has 0 unspecified atom stereocenters. The van der Waals surface area contributed by atoms with E-state index < -0.39 is 24.4 Å². The van der Waals surface area contributed by atoms with Crippen molar-refractivity contribution in [3.8, 4) is 16.9 Å². The number of fused-ring (bicyclic) bond motifs is 1. The van der Waals surface area contributed by atoms with E-state index in [1.807, 2.05) is 0 Å². The van der Waals surface area contributed by atoms with Crippen molar-refractivity contribution in [2.45, 2.75) is 19.3 Å². The summed E-state index contributed by atoms with van der Waals surface area (Å²) in [5, 5.41) is 6.77. The highest BCUT2D eigenvalue weighted by Crippen LogP contribution is 2.33. The maximum Gasteiger partial charge on any atom is 0.573 e. The Kier molecular flexibility index (Phi) is 6.31. The molecular weight excluding hydrogens is 463 g/mol. The summed E-state index contributed by atoms with van der Waals surface area (Å²) in [6, 6.07) is 8.13. The molecule has 0 radical (unpaired) electrons. The van der Waals surface area contributed by atoms with Crippen LogP contribution in [0.5, 0.6) is 5.75 Å². The lowest BCUT2D eigenvalue weighted by atomic mass is 10.1. The van der Waals surface area contributed by atoms with Gasteiger partial charge in [0.2, 0.25) is 5.95 Å². The van der Waals surface area contributed by atoms with Crippen LogP contribution in [0.2, 0.25) is 0 Å². The summed E-state index contributed by atoms with van der Waals surface area (Å²) < 4.78 is 48.6. The molecule has 1 saturated heterocycles. The summed E-state index contributed by atoms with van der Waals surface area (Å²) in [5.74, 6) is -0.0854. The average Bonchev–Trinajstić information content (AvgIpc) is 3.39. The van der Waals surface area contributed by atoms with Crippen LogP contribution in [0.15, 0.2) is 42.6 Å². The van der Waals surface area contributed by atoms with Gasteiger partial charge in [-0.25, -0.2) is 9.31 Å². The molecule has 1 atom stereocenters. The summed E-state index contributed by atoms with van der Waals surface area (Å²) >= 11 is 1.42. The first-order valence-electron chi connectivity index (χ1n) is 9.78. The zero-order valence-electron chi connectivity index (χ0n) is 17.2. The van der Waals surface area contributed by atoms with Gasteiger partial charge < -0.3 is 9.47 Å². The number of nitrogens with zero attached hydrogens (tertiary/aromatic N) is 4. The van der Waals surface area contributed by atoms with E-state index in [1.54, 1.807) is 25.1 Å². The van der Waals surface area contributed by atoms with Crippen LogP contribution in [0.25, 0.3) is 16.8 Å². The minimum Gasteiger partial charge on any atom is -0.450 e. The zero-order valence-corrected chi connectivity index (χ0v) is 18.0. The number of hydrogen-bond acceptors (Lipinski definition) is 7. The van der Waals surface area contributed by atoms with Gasteiger partial charge in [-0.05, 0) is 25.1 Å². The van der Waals surface area contributed by atoms with Crippen LogP contribution in [0.4, 0.5) is 23.9 Å². The minimum atomic E-state index is -4.83. The Morgan fingerprint density at radius 2 is 2.03 bits per heavy atom. The zero-order chi connectivity index (χ0) is 23.6. The largest absolute Gasteiger partial charge is 0.573 e. The van der Waals surface area contributed by atoms with Crippen molar-refractivity contribution in [3.05, 3.63) is 42.6 Å². The Bertz CT molecular complexity index is 1190. The molecule has 2 aromatic heterocycles. The van der Waals surface area contributed by atoms with Gasteiger partial charge in [0.25, 0.3) is 5.91 Å². The number of anilines is 1. The van der Waals surface area contributed by atoms with E-state index in [0.717, 1.165) is 0 Å². The third-order valence-electron chi connectivity index (χ3n) is 4.68. The minimum absolute atomic E-state index is 0.00214. The van der Waals surface area contributed by atoms with Gasteiger partial charge in [-0.2, -0.15) is 4.98 Å². The molecule has 1 N–H and O–H groups in total. The van der Waals surface area contributed by atoms with Gasteiger partial charge >= 0.3 is 12.5 Å². The highest BCUT2D eigenvalue weighted by molar-refractivity contribution is 7.99. The number of hydrogen-bond donors (Lipinski definition) is 1. The monoisotopic (exact) mass is 481 g/mol. The maximum absolute atomic E-state index is 12.7. The molecule has 13 heteroatoms. The van der Waals surface area contributed by atoms with Gasteiger partial charge in [0.15, 0.2) is 5.65 Å². The molecule has 4 rings (SSSR count). The van der Waals surface area contributed by atoms with Crippen LogP contribution >= 0.6 is 11.8 Å². The lowest BCUT2D eigenvalue weighted by Crippen LogP contribution is -2.44. The van der Waals surface area contributed by atoms with Gasteiger partial charge in [0.05, 0.1) is 12.5 Å². The second-order valence-electron chi connectivity index (χ2n) is 6.87. The molecule has 2 amide bonds. The predicted molar refractivity (Wildman–Crippen MR) is 114 cm³/mol. The second kappa shape index (κ2) is 9.17. The number of thioether (sulfide) groups is 1. The first kappa shape index (κ1) is 22.7. The van der Waals surface area contributed by atoms with E-state index in [9.17, 15) is 22.8 Å². The number of ether oxygens (including phenoxy) is 2. The third kappa shape index (κ3) is 5.13. The molecule has 1 fully saturated rings. The molecule has 33 heavy (non-hydrogen) atoms. The molecule has 0 saturated carbocycles. The highest BCUT2D eigenvalue weighted by atomic mass is 32.2. The fraction of sp³-hybridized carbons (Fsp3) is 0.300. The quantitative estimate of drug-likeness (QED) is 0.593. The number of pyridine rings is 1. The van der Waals surface area contributed by atoms with Crippen LogP contribution < -0.4 is 10.1 Å². The number of carbonyl (C=O) groups is 2. The third-order valence-corrected chi connectivity index (χ3v) is 5.69. The number of nitrogens with one attached hydrogen (secondary N) is 1. The van der Waals surface area contributed by atoms with Gasteiger partial charge in [0.1, 0.15) is 11.8 Å². The number of para-hydroxylation sites is 1. The molecular formula is C20H18F3N5O4S. The van der Waals surface area contributed by atoms with E-state index in [2.05, 4.69) is 20.1 Å². The number of amides is 2. The van der Waals surface area contributed by atoms with Crippen molar-refractivity contribution in [1.29, 1.82) is 0 Å². The van der Waals surface area contributed by atoms with Crippen LogP contribution in [0.1, 0.15) is 6.92 Å². The molecule has 174 valence electrons. The molecule has 0 bridgehead atoms. The van der Waals surface area contributed by atoms with E-state index in [-0.39, 0.29) is 23.9 Å². The number of benzene rings is 1. The van der Waals surface area contributed by atoms with Crippen molar-refractivity contribution in [2.75, 3.05) is 23.6 Å². The van der Waals surface area contributed by atoms with Crippen LogP contribution in [0, 0.1) is 0 Å². The normalized spacial score (nSPS) is 16.1. The Morgan fingerprint density at radius 1 is 1.24 bits per heavy atom. The first-order valence-corrected chi connectivity index (χ1v) is 10.9. The van der Waals surface area contributed by atoms with Crippen molar-refractivity contribution >= 4 is 35.4 Å². The summed E-state index contributed by atoms with van der Waals surface area (Å²) in [6.07, 6.45) is -3.93. The van der Waals surface area contributed by atoms with Crippen LogP contribution in [-0.4, -0.2) is 62.1 Å². The molecule has 3 heterocycles. The standard InChI is InChI=1S/C20H18F3N5O4S/c1-2-31-19(30)27-11-33-10-14(27)17(29)25-18-24-16-8-7-12(9-28(16)26-18)13-5-3-4-6-15(13)32-20(21,22)23/h3-9,14H,2,10-11H2,1H3,(H,25,26,29)/t14-/m1/s1. The summed E-state index contributed by atoms with van der Waals surface area (Å²) in [7, 11) is 0. The van der Waals surface area contributed by atoms with E-state index in [4.69, 9.17) is 4.74 Å². The van der Waals surface area contributed by atoms with Gasteiger partial charge in [0, 0.05) is 23.1 Å². The molecule has 9 nitrogen and oxygen atoms in total. The molecule has 0 spiro atoms. The Morgan fingerprint density at radius 3 is 2.79 bits per heavy atom. The topological polar surface area (TPSA) is 98.1 Å². The predicted octanol–water partition coefficient (Wildman–Crippen LogP) is 3.76. The van der Waals surface area contributed by atoms with E-state index >= 15 is 0 Å². The lowest BCUT2D eigenvalue weighted by Gasteiger charge is -2.21. The summed E-state index contributed by atoms with van der Waals surface area (Å²) in [5.41, 5.74) is 0.989. The summed E-state index contributed by atoms with van der Waals surface area (Å²) in [6.45, 7) is 1.88. The number of halogens is 3. The molecule has 1 aromatic carbocycles. The van der Waals surface area contributed by atoms with Crippen molar-refractivity contribution in [2.24, 2.45) is 0 Å². The Balaban J connectivity index is 1.55. The van der Waals surface area contributed by atoms with Gasteiger partial charge in [-0.3, -0.25) is 15.0 Å². The number of aromatic nitrogens is 3. The lowest BCUT2D eigenvalue weighted by molar-refractivity contribution is -0.274.